The molecular formula is C28H17F2N3O3S. The van der Waals surface area contributed by atoms with Gasteiger partial charge >= 0.3 is 0 Å². The van der Waals surface area contributed by atoms with E-state index in [1.54, 1.807) is 18.5 Å². The lowest BCUT2D eigenvalue weighted by Gasteiger charge is -2.11. The summed E-state index contributed by atoms with van der Waals surface area (Å²) in [7, 11) is -4.30. The summed E-state index contributed by atoms with van der Waals surface area (Å²) >= 11 is 0. The molecule has 3 aromatic heterocycles. The van der Waals surface area contributed by atoms with Gasteiger partial charge in [0.05, 0.1) is 17.4 Å². The van der Waals surface area contributed by atoms with Crippen molar-refractivity contribution in [3.63, 3.8) is 0 Å². The second kappa shape index (κ2) is 8.79. The third-order valence-electron chi connectivity index (χ3n) is 5.94. The molecule has 6 rings (SSSR count). The quantitative estimate of drug-likeness (QED) is 0.274. The van der Waals surface area contributed by atoms with Crippen LogP contribution in [-0.2, 0) is 10.0 Å². The standard InChI is InChI=1S/C28H17F2N3O3S/c29-20-6-8-28(24(30)14-20)37(34,35)33-21-11-19(15-31-16-21)17-5-7-25-23(12-17)22(9-10-32-25)27-13-18-3-1-2-4-26(18)36-27/h1-16,33H. The minimum atomic E-state index is -4.30. The number of hydrogen-bond donors (Lipinski definition) is 1. The fraction of sp³-hybridized carbons (Fsp3) is 0. The van der Waals surface area contributed by atoms with Gasteiger partial charge in [0, 0.05) is 40.4 Å². The zero-order valence-electron chi connectivity index (χ0n) is 19.0. The summed E-state index contributed by atoms with van der Waals surface area (Å²) in [6, 6.07) is 21.1. The molecule has 0 spiro atoms. The van der Waals surface area contributed by atoms with E-state index < -0.39 is 26.6 Å². The number of sulfonamides is 1. The van der Waals surface area contributed by atoms with E-state index in [1.807, 2.05) is 54.6 Å². The maximum absolute atomic E-state index is 14.1. The van der Waals surface area contributed by atoms with Crippen molar-refractivity contribution in [1.82, 2.24) is 9.97 Å². The molecule has 0 radical (unpaired) electrons. The monoisotopic (exact) mass is 513 g/mol. The number of aromatic nitrogens is 2. The van der Waals surface area contributed by atoms with Crippen molar-refractivity contribution in [3.8, 4) is 22.5 Å². The van der Waals surface area contributed by atoms with Gasteiger partial charge in [-0.25, -0.2) is 17.2 Å². The minimum absolute atomic E-state index is 0.130. The molecule has 0 bridgehead atoms. The van der Waals surface area contributed by atoms with E-state index in [0.717, 1.165) is 45.1 Å². The van der Waals surface area contributed by atoms with Gasteiger partial charge in [-0.3, -0.25) is 14.7 Å². The van der Waals surface area contributed by atoms with Gasteiger partial charge in [-0.1, -0.05) is 24.3 Å². The van der Waals surface area contributed by atoms with Crippen LogP contribution in [-0.4, -0.2) is 18.4 Å². The van der Waals surface area contributed by atoms with Gasteiger partial charge in [0.25, 0.3) is 10.0 Å². The summed E-state index contributed by atoms with van der Waals surface area (Å²) in [5, 5.41) is 1.83. The van der Waals surface area contributed by atoms with E-state index in [2.05, 4.69) is 14.7 Å². The molecule has 37 heavy (non-hydrogen) atoms. The van der Waals surface area contributed by atoms with E-state index in [-0.39, 0.29) is 5.69 Å². The predicted octanol–water partition coefficient (Wildman–Crippen LogP) is 6.79. The van der Waals surface area contributed by atoms with Crippen LogP contribution < -0.4 is 4.72 Å². The fourth-order valence-corrected chi connectivity index (χ4v) is 5.31. The number of nitrogens with zero attached hydrogens (tertiary/aromatic N) is 2. The average Bonchev–Trinajstić information content (AvgIpc) is 3.32. The summed E-state index contributed by atoms with van der Waals surface area (Å²) in [6.07, 6.45) is 4.62. The summed E-state index contributed by atoms with van der Waals surface area (Å²) in [4.78, 5) is 7.95. The highest BCUT2D eigenvalue weighted by molar-refractivity contribution is 7.92. The van der Waals surface area contributed by atoms with Gasteiger partial charge in [0.15, 0.2) is 0 Å². The Morgan fingerprint density at radius 1 is 0.838 bits per heavy atom. The van der Waals surface area contributed by atoms with E-state index in [1.165, 1.54) is 6.20 Å². The Bertz CT molecular complexity index is 1890. The summed E-state index contributed by atoms with van der Waals surface area (Å²) < 4.78 is 61.1. The Hall–Kier alpha value is -4.63. The van der Waals surface area contributed by atoms with Crippen LogP contribution in [0.2, 0.25) is 0 Å². The molecule has 0 aliphatic heterocycles. The highest BCUT2D eigenvalue weighted by atomic mass is 32.2. The lowest BCUT2D eigenvalue weighted by atomic mass is 10.0. The third-order valence-corrected chi connectivity index (χ3v) is 7.35. The number of anilines is 1. The Morgan fingerprint density at radius 3 is 2.54 bits per heavy atom. The van der Waals surface area contributed by atoms with Crippen LogP contribution in [0.1, 0.15) is 0 Å². The Morgan fingerprint density at radius 2 is 1.70 bits per heavy atom. The summed E-state index contributed by atoms with van der Waals surface area (Å²) in [5.74, 6) is -1.35. The second-order valence-corrected chi connectivity index (χ2v) is 10.0. The first-order valence-corrected chi connectivity index (χ1v) is 12.7. The minimum Gasteiger partial charge on any atom is -0.456 e. The van der Waals surface area contributed by atoms with Crippen LogP contribution in [0.3, 0.4) is 0 Å². The molecule has 3 heterocycles. The molecule has 0 saturated carbocycles. The van der Waals surface area contributed by atoms with Crippen LogP contribution >= 0.6 is 0 Å². The molecule has 0 fully saturated rings. The van der Waals surface area contributed by atoms with Gasteiger partial charge in [0.1, 0.15) is 27.9 Å². The zero-order chi connectivity index (χ0) is 25.6. The predicted molar refractivity (Wildman–Crippen MR) is 137 cm³/mol. The summed E-state index contributed by atoms with van der Waals surface area (Å²) in [5.41, 5.74) is 3.92. The van der Waals surface area contributed by atoms with Crippen LogP contribution in [0.15, 0.2) is 107 Å². The SMILES string of the molecule is O=S(=O)(Nc1cncc(-c2ccc3nccc(-c4cc5ccccc5o4)c3c2)c1)c1ccc(F)cc1F. The number of benzene rings is 3. The van der Waals surface area contributed by atoms with Crippen molar-refractivity contribution in [2.45, 2.75) is 4.90 Å². The first kappa shape index (κ1) is 22.8. The van der Waals surface area contributed by atoms with E-state index in [4.69, 9.17) is 4.42 Å². The van der Waals surface area contributed by atoms with Crippen molar-refractivity contribution in [3.05, 3.63) is 109 Å². The number of hydrogen-bond acceptors (Lipinski definition) is 5. The number of rotatable bonds is 5. The van der Waals surface area contributed by atoms with E-state index in [0.29, 0.717) is 17.4 Å². The van der Waals surface area contributed by atoms with Crippen LogP contribution in [0.5, 0.6) is 0 Å². The number of pyridine rings is 2. The smallest absolute Gasteiger partial charge is 0.264 e. The molecule has 0 saturated heterocycles. The van der Waals surface area contributed by atoms with Gasteiger partial charge in [-0.05, 0) is 54.1 Å². The molecule has 0 aliphatic carbocycles. The number of para-hydroxylation sites is 1. The Labute approximate surface area is 210 Å². The van der Waals surface area contributed by atoms with Crippen LogP contribution in [0.4, 0.5) is 14.5 Å². The molecule has 182 valence electrons. The number of halogens is 2. The lowest BCUT2D eigenvalue weighted by molar-refractivity contribution is 0.551. The molecule has 3 aromatic carbocycles. The maximum Gasteiger partial charge on any atom is 0.264 e. The number of fused-ring (bicyclic) bond motifs is 2. The molecule has 0 unspecified atom stereocenters. The summed E-state index contributed by atoms with van der Waals surface area (Å²) in [6.45, 7) is 0. The molecule has 0 atom stereocenters. The van der Waals surface area contributed by atoms with Crippen LogP contribution in [0, 0.1) is 11.6 Å². The molecular weight excluding hydrogens is 496 g/mol. The second-order valence-electron chi connectivity index (χ2n) is 8.38. The van der Waals surface area contributed by atoms with Crippen LogP contribution in [0.25, 0.3) is 44.3 Å². The highest BCUT2D eigenvalue weighted by Gasteiger charge is 2.20. The van der Waals surface area contributed by atoms with Crippen molar-refractivity contribution in [1.29, 1.82) is 0 Å². The fourth-order valence-electron chi connectivity index (χ4n) is 4.21. The first-order valence-electron chi connectivity index (χ1n) is 11.2. The number of furan rings is 1. The number of nitrogens with one attached hydrogen (secondary N) is 1. The molecule has 6 aromatic rings. The average molecular weight is 514 g/mol. The normalized spacial score (nSPS) is 11.7. The molecule has 0 aliphatic rings. The molecule has 0 amide bonds. The van der Waals surface area contributed by atoms with Gasteiger partial charge in [-0.2, -0.15) is 0 Å². The topological polar surface area (TPSA) is 85.1 Å². The Kier molecular flexibility index (Phi) is 5.42. The highest BCUT2D eigenvalue weighted by Crippen LogP contribution is 2.34. The van der Waals surface area contributed by atoms with Crippen molar-refractivity contribution >= 4 is 37.6 Å². The zero-order valence-corrected chi connectivity index (χ0v) is 19.8. The lowest BCUT2D eigenvalue weighted by Crippen LogP contribution is -2.15. The van der Waals surface area contributed by atoms with Gasteiger partial charge in [-0.15, -0.1) is 0 Å². The van der Waals surface area contributed by atoms with Gasteiger partial charge < -0.3 is 4.42 Å². The van der Waals surface area contributed by atoms with Crippen molar-refractivity contribution < 1.29 is 21.6 Å². The third kappa shape index (κ3) is 4.30. The molecule has 9 heteroatoms. The van der Waals surface area contributed by atoms with Crippen molar-refractivity contribution in [2.75, 3.05) is 4.72 Å². The maximum atomic E-state index is 14.1. The largest absolute Gasteiger partial charge is 0.456 e. The van der Waals surface area contributed by atoms with E-state index >= 15 is 0 Å². The first-order chi connectivity index (χ1) is 17.9. The molecule has 6 nitrogen and oxygen atoms in total. The molecule has 1 N–H and O–H groups in total. The van der Waals surface area contributed by atoms with Crippen molar-refractivity contribution in [2.24, 2.45) is 0 Å². The Balaban J connectivity index is 1.39. The van der Waals surface area contributed by atoms with Gasteiger partial charge in [0.2, 0.25) is 0 Å². The van der Waals surface area contributed by atoms with E-state index in [9.17, 15) is 17.2 Å².